The molecule has 0 aliphatic heterocycles. The highest BCUT2D eigenvalue weighted by atomic mass is 16.6. The van der Waals surface area contributed by atoms with E-state index in [0.717, 1.165) is 0 Å². The molecule has 0 radical (unpaired) electrons. The molecule has 0 rings (SSSR count). The van der Waals surface area contributed by atoms with Crippen LogP contribution in [0.2, 0.25) is 0 Å². The third-order valence-electron chi connectivity index (χ3n) is 9.22. The van der Waals surface area contributed by atoms with Gasteiger partial charge in [0.1, 0.15) is 25.4 Å². The molecule has 25 nitrogen and oxygen atoms in total. The average molecular weight is 1070 g/mol. The Labute approximate surface area is 440 Å². The summed E-state index contributed by atoms with van der Waals surface area (Å²) in [5.41, 5.74) is 0.517. The third kappa shape index (κ3) is 42.1. The molecule has 0 aromatic heterocycles. The van der Waals surface area contributed by atoms with Gasteiger partial charge in [0.15, 0.2) is 19.8 Å². The van der Waals surface area contributed by atoms with Gasteiger partial charge in [0, 0.05) is 79.1 Å². The molecule has 0 aromatic rings. The van der Waals surface area contributed by atoms with Gasteiger partial charge in [0.25, 0.3) is 17.7 Å². The first-order chi connectivity index (χ1) is 35.5. The van der Waals surface area contributed by atoms with Crippen molar-refractivity contribution in [2.75, 3.05) is 145 Å². The SMILES string of the molecule is C=C(C)C(=O)OCC(=O)NCCOCC(CC)(COCCNC(=O)COC(=O)C(=C)C)COCCNC(=O)COC(=O)C(=C)C.C=C(C)C(=O)OCC(O)CNCCOCCOCCNCC(O)COC(=O)C(=C)C. The molecule has 2 atom stereocenters. The van der Waals surface area contributed by atoms with E-state index in [4.69, 9.17) is 47.4 Å². The maximum absolute atomic E-state index is 11.9. The van der Waals surface area contributed by atoms with E-state index in [1.807, 2.05) is 6.92 Å². The summed E-state index contributed by atoms with van der Waals surface area (Å²) in [6, 6.07) is 0. The third-order valence-corrected chi connectivity index (χ3v) is 9.22. The molecule has 3 amide bonds. The Kier molecular flexibility index (Phi) is 42.1. The normalized spacial score (nSPS) is 11.5. The van der Waals surface area contributed by atoms with Crippen LogP contribution in [0, 0.1) is 5.41 Å². The smallest absolute Gasteiger partial charge is 0.333 e. The number of nitrogens with one attached hydrogen (secondary N) is 5. The van der Waals surface area contributed by atoms with E-state index < -0.39 is 85.0 Å². The standard InChI is InChI=1S/C30H47N3O12.C20H36N2O8/c1-8-30(18-40-12-9-31-24(34)15-43-27(37)21(2)3,19-41-13-10-32-25(35)16-44-28(38)22(4)5)20-42-14-11-33-26(36)17-45-29(39)23(6)7;1-15(2)19(25)29-13-17(23)11-21-5-7-27-9-10-28-8-6-22-12-18(24)14-30-20(26)16(3)4/h2,4,6,8-20H2,1,3,5,7H3,(H,31,34)(H,32,35)(H,33,36);17-18,21-24H,1,3,5-14H2,2,4H3. The van der Waals surface area contributed by atoms with Crippen LogP contribution in [0.4, 0.5) is 0 Å². The second-order valence-electron chi connectivity index (χ2n) is 16.8. The quantitative estimate of drug-likeness (QED) is 0.0172. The van der Waals surface area contributed by atoms with Gasteiger partial charge in [0.05, 0.1) is 66.1 Å². The lowest BCUT2D eigenvalue weighted by atomic mass is 9.88. The van der Waals surface area contributed by atoms with Crippen molar-refractivity contribution < 1.29 is 95.9 Å². The van der Waals surface area contributed by atoms with Gasteiger partial charge in [0.2, 0.25) is 0 Å². The van der Waals surface area contributed by atoms with Gasteiger partial charge in [-0.3, -0.25) is 14.4 Å². The molecule has 428 valence electrons. The molecule has 0 saturated carbocycles. The van der Waals surface area contributed by atoms with Crippen molar-refractivity contribution in [1.82, 2.24) is 26.6 Å². The van der Waals surface area contributed by atoms with Crippen LogP contribution in [0.1, 0.15) is 48.0 Å². The van der Waals surface area contributed by atoms with Gasteiger partial charge in [-0.05, 0) is 41.0 Å². The van der Waals surface area contributed by atoms with Crippen molar-refractivity contribution in [2.24, 2.45) is 5.41 Å². The van der Waals surface area contributed by atoms with Gasteiger partial charge in [-0.1, -0.05) is 39.8 Å². The van der Waals surface area contributed by atoms with Crippen molar-refractivity contribution in [3.05, 3.63) is 60.8 Å². The molecular weight excluding hydrogens is 991 g/mol. The zero-order valence-corrected chi connectivity index (χ0v) is 44.7. The first kappa shape index (κ1) is 71.2. The Morgan fingerprint density at radius 3 is 0.947 bits per heavy atom. The number of hydrogen-bond donors (Lipinski definition) is 7. The van der Waals surface area contributed by atoms with Gasteiger partial charge in [-0.15, -0.1) is 0 Å². The summed E-state index contributed by atoms with van der Waals surface area (Å²) >= 11 is 0. The van der Waals surface area contributed by atoms with Crippen molar-refractivity contribution in [2.45, 2.75) is 60.2 Å². The number of esters is 5. The summed E-state index contributed by atoms with van der Waals surface area (Å²) in [5.74, 6) is -4.50. The van der Waals surface area contributed by atoms with Crippen LogP contribution >= 0.6 is 0 Å². The van der Waals surface area contributed by atoms with E-state index in [-0.39, 0.29) is 102 Å². The Balaban J connectivity index is 0. The number of aliphatic hydroxyl groups excluding tert-OH is 2. The average Bonchev–Trinajstić information content (AvgIpc) is 3.36. The predicted octanol–water partition coefficient (Wildman–Crippen LogP) is -0.702. The molecule has 0 bridgehead atoms. The Morgan fingerprint density at radius 2 is 0.680 bits per heavy atom. The summed E-state index contributed by atoms with van der Waals surface area (Å²) < 4.78 is 52.2. The van der Waals surface area contributed by atoms with E-state index in [0.29, 0.717) is 57.1 Å². The summed E-state index contributed by atoms with van der Waals surface area (Å²) in [6.07, 6.45) is -1.01. The predicted molar refractivity (Wildman–Crippen MR) is 272 cm³/mol. The first-order valence-electron chi connectivity index (χ1n) is 24.1. The van der Waals surface area contributed by atoms with Crippen LogP contribution in [0.5, 0.6) is 0 Å². The molecule has 0 aliphatic rings. The van der Waals surface area contributed by atoms with Crippen LogP contribution < -0.4 is 26.6 Å². The number of aliphatic hydroxyl groups is 2. The molecular formula is C50H83N5O20. The second kappa shape index (κ2) is 44.4. The minimum atomic E-state index is -0.791. The lowest BCUT2D eigenvalue weighted by Gasteiger charge is -2.32. The molecule has 2 unspecified atom stereocenters. The highest BCUT2D eigenvalue weighted by Crippen LogP contribution is 2.24. The number of carbonyl (C=O) groups is 8. The molecule has 75 heavy (non-hydrogen) atoms. The van der Waals surface area contributed by atoms with E-state index in [2.05, 4.69) is 59.5 Å². The molecule has 25 heteroatoms. The second-order valence-corrected chi connectivity index (χ2v) is 16.8. The number of hydrogen-bond acceptors (Lipinski definition) is 22. The van der Waals surface area contributed by atoms with Crippen LogP contribution in [-0.4, -0.2) is 215 Å². The molecule has 7 N–H and O–H groups in total. The zero-order valence-electron chi connectivity index (χ0n) is 44.7. The summed E-state index contributed by atoms with van der Waals surface area (Å²) in [4.78, 5) is 92.2. The van der Waals surface area contributed by atoms with Gasteiger partial charge < -0.3 is 84.2 Å². The molecule has 0 saturated heterocycles. The minimum absolute atomic E-state index is 0.0852. The highest BCUT2D eigenvalue weighted by Gasteiger charge is 2.30. The van der Waals surface area contributed by atoms with Crippen molar-refractivity contribution >= 4 is 47.6 Å². The largest absolute Gasteiger partial charge is 0.460 e. The van der Waals surface area contributed by atoms with E-state index >= 15 is 0 Å². The molecule has 0 spiro atoms. The van der Waals surface area contributed by atoms with Crippen molar-refractivity contribution in [3.8, 4) is 0 Å². The topological polar surface area (TPSA) is 329 Å². The van der Waals surface area contributed by atoms with Crippen LogP contribution in [0.15, 0.2) is 60.8 Å². The van der Waals surface area contributed by atoms with Gasteiger partial charge in [-0.25, -0.2) is 24.0 Å². The van der Waals surface area contributed by atoms with Gasteiger partial charge >= 0.3 is 29.8 Å². The maximum atomic E-state index is 11.9. The Hall–Kier alpha value is -5.90. The zero-order chi connectivity index (χ0) is 57.0. The first-order valence-corrected chi connectivity index (χ1v) is 24.1. The fraction of sp³-hybridized carbons (Fsp3) is 0.640. The maximum Gasteiger partial charge on any atom is 0.333 e. The van der Waals surface area contributed by atoms with Crippen LogP contribution in [-0.2, 0) is 85.7 Å². The van der Waals surface area contributed by atoms with E-state index in [9.17, 15) is 48.6 Å². The van der Waals surface area contributed by atoms with Crippen molar-refractivity contribution in [3.63, 3.8) is 0 Å². The van der Waals surface area contributed by atoms with E-state index in [1.54, 1.807) is 13.8 Å². The number of amides is 3. The van der Waals surface area contributed by atoms with Crippen LogP contribution in [0.3, 0.4) is 0 Å². The Bertz CT molecular complexity index is 1650. The molecule has 0 aliphatic carbocycles. The van der Waals surface area contributed by atoms with Crippen molar-refractivity contribution in [1.29, 1.82) is 0 Å². The number of ether oxygens (including phenoxy) is 10. The highest BCUT2D eigenvalue weighted by molar-refractivity contribution is 5.90. The Morgan fingerprint density at radius 1 is 0.413 bits per heavy atom. The minimum Gasteiger partial charge on any atom is -0.460 e. The summed E-state index contributed by atoms with van der Waals surface area (Å²) in [7, 11) is 0. The van der Waals surface area contributed by atoms with Gasteiger partial charge in [-0.2, -0.15) is 0 Å². The molecule has 0 heterocycles. The molecule has 0 aromatic carbocycles. The monoisotopic (exact) mass is 1070 g/mol. The summed E-state index contributed by atoms with van der Waals surface area (Å²) in [5, 5.41) is 33.0. The van der Waals surface area contributed by atoms with Crippen LogP contribution in [0.25, 0.3) is 0 Å². The number of carbonyl (C=O) groups excluding carboxylic acids is 8. The summed E-state index contributed by atoms with van der Waals surface area (Å²) in [6.45, 7) is 30.1. The fourth-order valence-corrected chi connectivity index (χ4v) is 4.86. The fourth-order valence-electron chi connectivity index (χ4n) is 4.86. The molecule has 0 fully saturated rings. The lowest BCUT2D eigenvalue weighted by Crippen LogP contribution is -2.40. The number of rotatable bonds is 44. The van der Waals surface area contributed by atoms with E-state index in [1.165, 1.54) is 20.8 Å². The lowest BCUT2D eigenvalue weighted by molar-refractivity contribution is -0.144.